The minimum atomic E-state index is -0.528. The lowest BCUT2D eigenvalue weighted by atomic mass is 10.2. The van der Waals surface area contributed by atoms with E-state index in [1.54, 1.807) is 19.1 Å². The van der Waals surface area contributed by atoms with E-state index < -0.39 is 4.92 Å². The summed E-state index contributed by atoms with van der Waals surface area (Å²) in [6, 6.07) is 10.5. The molecule has 0 amide bonds. The molecule has 0 fully saturated rings. The summed E-state index contributed by atoms with van der Waals surface area (Å²) in [6.45, 7) is 1.72. The Hall–Kier alpha value is -3.73. The standard InChI is InChI=1S/C16H13N7O3S/c1-10-18-21-16(27)22(10)17-9-11-8-12(6-7-15(11)24)19-20-13-4-2-3-5-14(13)23(25)26/h2-9,24H,1H3,(H,21,27)/b17-9+,20-19?. The second-order valence-corrected chi connectivity index (χ2v) is 5.71. The van der Waals surface area contributed by atoms with Crippen LogP contribution in [0.3, 0.4) is 0 Å². The van der Waals surface area contributed by atoms with Crippen LogP contribution in [0.4, 0.5) is 17.1 Å². The van der Waals surface area contributed by atoms with E-state index in [1.165, 1.54) is 41.2 Å². The third-order valence-electron chi connectivity index (χ3n) is 3.49. The molecule has 0 aliphatic rings. The van der Waals surface area contributed by atoms with Crippen LogP contribution in [0.2, 0.25) is 0 Å². The molecular formula is C16H13N7O3S. The van der Waals surface area contributed by atoms with Crippen LogP contribution in [0, 0.1) is 21.8 Å². The molecule has 11 heteroatoms. The molecule has 0 saturated heterocycles. The molecule has 2 aromatic carbocycles. The van der Waals surface area contributed by atoms with Crippen LogP contribution in [0.5, 0.6) is 5.75 Å². The van der Waals surface area contributed by atoms with E-state index >= 15 is 0 Å². The Kier molecular flexibility index (Phi) is 5.13. The second-order valence-electron chi connectivity index (χ2n) is 5.32. The predicted octanol–water partition coefficient (Wildman–Crippen LogP) is 4.16. The number of azo groups is 1. The van der Waals surface area contributed by atoms with Crippen molar-refractivity contribution < 1.29 is 10.0 Å². The second kappa shape index (κ2) is 7.66. The number of aromatic amines is 1. The molecule has 0 aliphatic carbocycles. The van der Waals surface area contributed by atoms with Gasteiger partial charge in [0, 0.05) is 11.6 Å². The number of nitrogens with zero attached hydrogens (tertiary/aromatic N) is 6. The van der Waals surface area contributed by atoms with Gasteiger partial charge in [0.1, 0.15) is 11.6 Å². The third kappa shape index (κ3) is 4.10. The Labute approximate surface area is 157 Å². The van der Waals surface area contributed by atoms with Crippen LogP contribution in [0.15, 0.2) is 57.8 Å². The fraction of sp³-hybridized carbons (Fsp3) is 0.0625. The monoisotopic (exact) mass is 383 g/mol. The van der Waals surface area contributed by atoms with E-state index in [-0.39, 0.29) is 17.1 Å². The number of hydrogen-bond donors (Lipinski definition) is 2. The molecule has 1 heterocycles. The zero-order valence-electron chi connectivity index (χ0n) is 14.0. The molecule has 0 bridgehead atoms. The van der Waals surface area contributed by atoms with Crippen molar-refractivity contribution in [1.29, 1.82) is 0 Å². The molecule has 0 aliphatic heterocycles. The molecule has 0 spiro atoms. The highest BCUT2D eigenvalue weighted by atomic mass is 32.1. The molecular weight excluding hydrogens is 370 g/mol. The van der Waals surface area contributed by atoms with Crippen LogP contribution in [0.1, 0.15) is 11.4 Å². The Bertz CT molecular complexity index is 1120. The lowest BCUT2D eigenvalue weighted by molar-refractivity contribution is -0.384. The highest BCUT2D eigenvalue weighted by Gasteiger charge is 2.11. The van der Waals surface area contributed by atoms with E-state index in [1.807, 2.05) is 0 Å². The van der Waals surface area contributed by atoms with Gasteiger partial charge in [-0.05, 0) is 43.4 Å². The third-order valence-corrected chi connectivity index (χ3v) is 3.75. The van der Waals surface area contributed by atoms with Crippen molar-refractivity contribution >= 4 is 35.5 Å². The predicted molar refractivity (Wildman–Crippen MR) is 101 cm³/mol. The van der Waals surface area contributed by atoms with Gasteiger partial charge in [-0.25, -0.2) is 0 Å². The Morgan fingerprint density at radius 3 is 2.78 bits per heavy atom. The van der Waals surface area contributed by atoms with Crippen LogP contribution >= 0.6 is 12.2 Å². The first-order valence-electron chi connectivity index (χ1n) is 7.62. The quantitative estimate of drug-likeness (QED) is 0.224. The number of phenolic OH excluding ortho intramolecular Hbond substituents is 1. The van der Waals surface area contributed by atoms with Crippen molar-refractivity contribution in [1.82, 2.24) is 14.9 Å². The van der Waals surface area contributed by atoms with Gasteiger partial charge in [-0.2, -0.15) is 20.0 Å². The van der Waals surface area contributed by atoms with Crippen LogP contribution in [-0.2, 0) is 0 Å². The lowest BCUT2D eigenvalue weighted by Gasteiger charge is -2.01. The number of hydrogen-bond acceptors (Lipinski definition) is 8. The first-order chi connectivity index (χ1) is 13.0. The summed E-state index contributed by atoms with van der Waals surface area (Å²) in [4.78, 5) is 10.5. The summed E-state index contributed by atoms with van der Waals surface area (Å²) >= 11 is 5.06. The lowest BCUT2D eigenvalue weighted by Crippen LogP contribution is -1.94. The maximum absolute atomic E-state index is 11.0. The molecule has 136 valence electrons. The highest BCUT2D eigenvalue weighted by molar-refractivity contribution is 7.71. The van der Waals surface area contributed by atoms with E-state index in [0.29, 0.717) is 21.8 Å². The first-order valence-corrected chi connectivity index (χ1v) is 8.03. The average molecular weight is 383 g/mol. The summed E-state index contributed by atoms with van der Waals surface area (Å²) in [6.07, 6.45) is 1.40. The number of benzene rings is 2. The summed E-state index contributed by atoms with van der Waals surface area (Å²) in [5.41, 5.74) is 0.745. The maximum atomic E-state index is 11.0. The molecule has 1 aromatic heterocycles. The number of aromatic nitrogens is 3. The highest BCUT2D eigenvalue weighted by Crippen LogP contribution is 2.29. The van der Waals surface area contributed by atoms with Crippen molar-refractivity contribution in [2.45, 2.75) is 6.92 Å². The van der Waals surface area contributed by atoms with E-state index in [0.717, 1.165) is 0 Å². The van der Waals surface area contributed by atoms with Gasteiger partial charge in [0.15, 0.2) is 5.69 Å². The smallest absolute Gasteiger partial charge is 0.296 e. The minimum absolute atomic E-state index is 0.0175. The Balaban J connectivity index is 1.90. The molecule has 2 N–H and O–H groups in total. The van der Waals surface area contributed by atoms with Crippen molar-refractivity contribution in [2.24, 2.45) is 15.3 Å². The first kappa shape index (κ1) is 18.1. The SMILES string of the molecule is Cc1n[nH]c(=S)n1/N=C/c1cc(N=Nc2ccccc2[N+](=O)[O-])ccc1O. The summed E-state index contributed by atoms with van der Waals surface area (Å²) in [5, 5.41) is 39.6. The minimum Gasteiger partial charge on any atom is -0.507 e. The number of nitrogens with one attached hydrogen (secondary N) is 1. The van der Waals surface area contributed by atoms with Crippen molar-refractivity contribution in [3.05, 3.63) is 68.7 Å². The Morgan fingerprint density at radius 2 is 2.07 bits per heavy atom. The number of aromatic hydroxyl groups is 1. The number of nitro groups is 1. The number of rotatable bonds is 5. The zero-order valence-corrected chi connectivity index (χ0v) is 14.8. The van der Waals surface area contributed by atoms with Gasteiger partial charge in [-0.15, -0.1) is 5.11 Å². The van der Waals surface area contributed by atoms with Gasteiger partial charge in [-0.1, -0.05) is 12.1 Å². The van der Waals surface area contributed by atoms with Gasteiger partial charge in [0.25, 0.3) is 5.69 Å². The van der Waals surface area contributed by atoms with Crippen molar-refractivity contribution in [3.63, 3.8) is 0 Å². The summed E-state index contributed by atoms with van der Waals surface area (Å²) < 4.78 is 1.71. The van der Waals surface area contributed by atoms with Gasteiger partial charge >= 0.3 is 0 Å². The van der Waals surface area contributed by atoms with Gasteiger partial charge in [0.05, 0.1) is 16.8 Å². The zero-order chi connectivity index (χ0) is 19.4. The van der Waals surface area contributed by atoms with Crippen LogP contribution in [-0.4, -0.2) is 31.1 Å². The molecule has 3 aromatic rings. The normalized spacial score (nSPS) is 11.4. The summed E-state index contributed by atoms with van der Waals surface area (Å²) in [7, 11) is 0. The van der Waals surface area contributed by atoms with Crippen molar-refractivity contribution in [3.8, 4) is 5.75 Å². The van der Waals surface area contributed by atoms with E-state index in [4.69, 9.17) is 12.2 Å². The topological polar surface area (TPSA) is 134 Å². The number of H-pyrrole nitrogens is 1. The molecule has 10 nitrogen and oxygen atoms in total. The molecule has 27 heavy (non-hydrogen) atoms. The Morgan fingerprint density at radius 1 is 1.30 bits per heavy atom. The average Bonchev–Trinajstić information content (AvgIpc) is 2.98. The maximum Gasteiger partial charge on any atom is 0.296 e. The fourth-order valence-corrected chi connectivity index (χ4v) is 2.37. The molecule has 0 saturated carbocycles. The number of aryl methyl sites for hydroxylation is 1. The molecule has 0 unspecified atom stereocenters. The van der Waals surface area contributed by atoms with E-state index in [2.05, 4.69) is 25.5 Å². The van der Waals surface area contributed by atoms with Crippen molar-refractivity contribution in [2.75, 3.05) is 0 Å². The number of phenols is 1. The largest absolute Gasteiger partial charge is 0.507 e. The summed E-state index contributed by atoms with van der Waals surface area (Å²) in [5.74, 6) is 0.541. The molecule has 0 atom stereocenters. The molecule has 0 radical (unpaired) electrons. The number of para-hydroxylation sites is 1. The van der Waals surface area contributed by atoms with Gasteiger partial charge < -0.3 is 5.11 Å². The van der Waals surface area contributed by atoms with Gasteiger partial charge in [-0.3, -0.25) is 15.2 Å². The van der Waals surface area contributed by atoms with Crippen LogP contribution in [0.25, 0.3) is 0 Å². The molecule has 3 rings (SSSR count). The number of nitro benzene ring substituents is 1. The van der Waals surface area contributed by atoms with Gasteiger partial charge in [0.2, 0.25) is 4.77 Å². The van der Waals surface area contributed by atoms with E-state index in [9.17, 15) is 15.2 Å². The fourth-order valence-electron chi connectivity index (χ4n) is 2.15. The van der Waals surface area contributed by atoms with Crippen LogP contribution < -0.4 is 0 Å².